The SMILES string of the molecule is Cl.Nc1ccc(Cc2nc(-c3ccccc3)no2)cc1. The first kappa shape index (κ1) is 14.1. The standard InChI is InChI=1S/C15H13N3O.ClH/c16-13-8-6-11(7-9-13)10-14-17-15(18-19-14)12-4-2-1-3-5-12;/h1-9H,10,16H2;1H. The molecular weight excluding hydrogens is 274 g/mol. The van der Waals surface area contributed by atoms with Crippen molar-refractivity contribution in [2.75, 3.05) is 5.73 Å². The third-order valence-corrected chi connectivity index (χ3v) is 2.84. The van der Waals surface area contributed by atoms with Gasteiger partial charge in [-0.05, 0) is 17.7 Å². The Balaban J connectivity index is 0.00000147. The zero-order chi connectivity index (χ0) is 13.1. The maximum atomic E-state index is 5.65. The summed E-state index contributed by atoms with van der Waals surface area (Å²) in [7, 11) is 0. The van der Waals surface area contributed by atoms with Gasteiger partial charge in [0.1, 0.15) is 0 Å². The molecule has 0 bridgehead atoms. The van der Waals surface area contributed by atoms with E-state index in [2.05, 4.69) is 10.1 Å². The molecule has 4 nitrogen and oxygen atoms in total. The van der Waals surface area contributed by atoms with Gasteiger partial charge in [0, 0.05) is 11.3 Å². The van der Waals surface area contributed by atoms with Crippen molar-refractivity contribution in [3.05, 3.63) is 66.1 Å². The van der Waals surface area contributed by atoms with Gasteiger partial charge in [0.2, 0.25) is 11.7 Å². The number of anilines is 1. The van der Waals surface area contributed by atoms with Crippen LogP contribution in [0.2, 0.25) is 0 Å². The average Bonchev–Trinajstić information content (AvgIpc) is 2.91. The van der Waals surface area contributed by atoms with Crippen molar-refractivity contribution < 1.29 is 4.52 Å². The van der Waals surface area contributed by atoms with Crippen LogP contribution in [-0.2, 0) is 6.42 Å². The number of halogens is 1. The monoisotopic (exact) mass is 287 g/mol. The fourth-order valence-electron chi connectivity index (χ4n) is 1.84. The Kier molecular flexibility index (Phi) is 4.38. The van der Waals surface area contributed by atoms with E-state index in [1.807, 2.05) is 54.6 Å². The Morgan fingerprint density at radius 2 is 1.65 bits per heavy atom. The van der Waals surface area contributed by atoms with E-state index in [-0.39, 0.29) is 12.4 Å². The molecule has 5 heteroatoms. The predicted molar refractivity (Wildman–Crippen MR) is 80.6 cm³/mol. The van der Waals surface area contributed by atoms with E-state index in [9.17, 15) is 0 Å². The molecule has 2 N–H and O–H groups in total. The van der Waals surface area contributed by atoms with Gasteiger partial charge in [-0.1, -0.05) is 47.6 Å². The molecule has 0 radical (unpaired) electrons. The van der Waals surface area contributed by atoms with Crippen LogP contribution in [0.1, 0.15) is 11.5 Å². The summed E-state index contributed by atoms with van der Waals surface area (Å²) < 4.78 is 5.26. The molecule has 2 aromatic carbocycles. The summed E-state index contributed by atoms with van der Waals surface area (Å²) in [6, 6.07) is 17.4. The van der Waals surface area contributed by atoms with E-state index < -0.39 is 0 Å². The fourth-order valence-corrected chi connectivity index (χ4v) is 1.84. The highest BCUT2D eigenvalue weighted by Gasteiger charge is 2.08. The lowest BCUT2D eigenvalue weighted by molar-refractivity contribution is 0.385. The normalized spacial score (nSPS) is 10.0. The Bertz CT molecular complexity index is 665. The Labute approximate surface area is 123 Å². The number of nitrogen functional groups attached to an aromatic ring is 1. The molecule has 0 unspecified atom stereocenters. The number of nitrogens with zero attached hydrogens (tertiary/aromatic N) is 2. The van der Waals surface area contributed by atoms with Crippen LogP contribution in [0.25, 0.3) is 11.4 Å². The second-order valence-electron chi connectivity index (χ2n) is 4.30. The van der Waals surface area contributed by atoms with Crippen LogP contribution in [0.15, 0.2) is 59.1 Å². The van der Waals surface area contributed by atoms with Gasteiger partial charge in [0.15, 0.2) is 0 Å². The van der Waals surface area contributed by atoms with E-state index in [1.54, 1.807) is 0 Å². The van der Waals surface area contributed by atoms with Crippen LogP contribution < -0.4 is 5.73 Å². The van der Waals surface area contributed by atoms with Crippen molar-refractivity contribution in [1.29, 1.82) is 0 Å². The van der Waals surface area contributed by atoms with Crippen molar-refractivity contribution in [3.63, 3.8) is 0 Å². The molecule has 0 saturated carbocycles. The third-order valence-electron chi connectivity index (χ3n) is 2.84. The highest BCUT2D eigenvalue weighted by atomic mass is 35.5. The summed E-state index contributed by atoms with van der Waals surface area (Å²) in [5.41, 5.74) is 8.45. The van der Waals surface area contributed by atoms with Crippen LogP contribution in [0.3, 0.4) is 0 Å². The minimum atomic E-state index is 0. The zero-order valence-electron chi connectivity index (χ0n) is 10.7. The van der Waals surface area contributed by atoms with Gasteiger partial charge in [-0.3, -0.25) is 0 Å². The summed E-state index contributed by atoms with van der Waals surface area (Å²) in [5.74, 6) is 1.22. The van der Waals surface area contributed by atoms with Crippen molar-refractivity contribution in [2.45, 2.75) is 6.42 Å². The van der Waals surface area contributed by atoms with Gasteiger partial charge >= 0.3 is 0 Å². The first-order valence-electron chi connectivity index (χ1n) is 6.04. The van der Waals surface area contributed by atoms with E-state index in [1.165, 1.54) is 0 Å². The molecule has 0 saturated heterocycles. The maximum absolute atomic E-state index is 5.65. The van der Waals surface area contributed by atoms with Crippen LogP contribution in [0.5, 0.6) is 0 Å². The van der Waals surface area contributed by atoms with E-state index in [0.29, 0.717) is 18.1 Å². The summed E-state index contributed by atoms with van der Waals surface area (Å²) in [5, 5.41) is 3.99. The summed E-state index contributed by atoms with van der Waals surface area (Å²) in [6.07, 6.45) is 0.611. The molecule has 0 atom stereocenters. The van der Waals surface area contributed by atoms with E-state index in [0.717, 1.165) is 16.8 Å². The molecule has 1 heterocycles. The molecule has 0 fully saturated rings. The molecule has 20 heavy (non-hydrogen) atoms. The molecule has 0 aliphatic rings. The fraction of sp³-hybridized carbons (Fsp3) is 0.0667. The second-order valence-corrected chi connectivity index (χ2v) is 4.30. The molecule has 3 rings (SSSR count). The van der Waals surface area contributed by atoms with Gasteiger partial charge in [-0.2, -0.15) is 4.98 Å². The Morgan fingerprint density at radius 1 is 0.950 bits per heavy atom. The molecule has 3 aromatic rings. The first-order valence-corrected chi connectivity index (χ1v) is 6.04. The van der Waals surface area contributed by atoms with Gasteiger partial charge in [-0.15, -0.1) is 12.4 Å². The zero-order valence-corrected chi connectivity index (χ0v) is 11.5. The largest absolute Gasteiger partial charge is 0.399 e. The van der Waals surface area contributed by atoms with Crippen LogP contribution >= 0.6 is 12.4 Å². The minimum Gasteiger partial charge on any atom is -0.399 e. The molecule has 0 spiro atoms. The van der Waals surface area contributed by atoms with E-state index >= 15 is 0 Å². The summed E-state index contributed by atoms with van der Waals surface area (Å²) in [6.45, 7) is 0. The lowest BCUT2D eigenvalue weighted by Crippen LogP contribution is -1.90. The Hall–Kier alpha value is -2.33. The molecule has 0 aliphatic heterocycles. The van der Waals surface area contributed by atoms with Gasteiger partial charge in [-0.25, -0.2) is 0 Å². The molecule has 0 amide bonds. The lowest BCUT2D eigenvalue weighted by atomic mass is 10.1. The second kappa shape index (κ2) is 6.21. The van der Waals surface area contributed by atoms with Crippen LogP contribution in [0.4, 0.5) is 5.69 Å². The maximum Gasteiger partial charge on any atom is 0.231 e. The number of aromatic nitrogens is 2. The number of benzene rings is 2. The highest BCUT2D eigenvalue weighted by molar-refractivity contribution is 5.85. The topological polar surface area (TPSA) is 64.9 Å². The molecular formula is C15H14ClN3O. The predicted octanol–water partition coefficient (Wildman–Crippen LogP) is 3.33. The number of nitrogens with two attached hydrogens (primary N) is 1. The molecule has 1 aromatic heterocycles. The molecule has 0 aliphatic carbocycles. The minimum absolute atomic E-state index is 0. The van der Waals surface area contributed by atoms with Crippen molar-refractivity contribution in [2.24, 2.45) is 0 Å². The molecule has 102 valence electrons. The van der Waals surface area contributed by atoms with Crippen LogP contribution in [-0.4, -0.2) is 10.1 Å². The smallest absolute Gasteiger partial charge is 0.231 e. The first-order chi connectivity index (χ1) is 9.31. The number of hydrogen-bond acceptors (Lipinski definition) is 4. The van der Waals surface area contributed by atoms with Crippen LogP contribution in [0, 0.1) is 0 Å². The number of hydrogen-bond donors (Lipinski definition) is 1. The van der Waals surface area contributed by atoms with Crippen molar-refractivity contribution >= 4 is 18.1 Å². The number of rotatable bonds is 3. The van der Waals surface area contributed by atoms with E-state index in [4.69, 9.17) is 10.3 Å². The van der Waals surface area contributed by atoms with Crippen molar-refractivity contribution in [1.82, 2.24) is 10.1 Å². The summed E-state index contributed by atoms with van der Waals surface area (Å²) >= 11 is 0. The lowest BCUT2D eigenvalue weighted by Gasteiger charge is -1.97. The Morgan fingerprint density at radius 3 is 2.35 bits per heavy atom. The quantitative estimate of drug-likeness (QED) is 0.751. The summed E-state index contributed by atoms with van der Waals surface area (Å²) in [4.78, 5) is 4.39. The van der Waals surface area contributed by atoms with Gasteiger partial charge in [0.05, 0.1) is 6.42 Å². The highest BCUT2D eigenvalue weighted by Crippen LogP contribution is 2.16. The third kappa shape index (κ3) is 3.16. The van der Waals surface area contributed by atoms with Gasteiger partial charge < -0.3 is 10.3 Å². The van der Waals surface area contributed by atoms with Crippen molar-refractivity contribution in [3.8, 4) is 11.4 Å². The van der Waals surface area contributed by atoms with Gasteiger partial charge in [0.25, 0.3) is 0 Å². The average molecular weight is 288 g/mol.